The molecule has 2 heterocycles. The summed E-state index contributed by atoms with van der Waals surface area (Å²) in [4.78, 5) is 21.5. The SMILES string of the molecule is O=C(NCCc1nccn1C(F)F)c1cc(-c2ccccc2)nc2ccccc12. The predicted octanol–water partition coefficient (Wildman–Crippen LogP) is 4.47. The quantitative estimate of drug-likeness (QED) is 0.527. The first kappa shape index (κ1) is 18.7. The number of pyridine rings is 1. The lowest BCUT2D eigenvalue weighted by atomic mass is 10.0. The minimum absolute atomic E-state index is 0.194. The molecule has 0 aliphatic rings. The average molecular weight is 392 g/mol. The fourth-order valence-electron chi connectivity index (χ4n) is 3.22. The van der Waals surface area contributed by atoms with E-state index in [2.05, 4.69) is 15.3 Å². The third kappa shape index (κ3) is 3.99. The zero-order valence-electron chi connectivity index (χ0n) is 15.4. The van der Waals surface area contributed by atoms with E-state index in [0.717, 1.165) is 15.5 Å². The van der Waals surface area contributed by atoms with Crippen LogP contribution in [0.5, 0.6) is 0 Å². The third-order valence-corrected chi connectivity index (χ3v) is 4.62. The molecule has 0 unspecified atom stereocenters. The molecule has 4 aromatic rings. The second-order valence-corrected chi connectivity index (χ2v) is 6.47. The van der Waals surface area contributed by atoms with Gasteiger partial charge in [-0.3, -0.25) is 9.36 Å². The van der Waals surface area contributed by atoms with Gasteiger partial charge in [0.25, 0.3) is 5.91 Å². The molecule has 146 valence electrons. The number of imidazole rings is 1. The second-order valence-electron chi connectivity index (χ2n) is 6.47. The molecule has 5 nitrogen and oxygen atoms in total. The van der Waals surface area contributed by atoms with Gasteiger partial charge in [-0.2, -0.15) is 8.78 Å². The van der Waals surface area contributed by atoms with Crippen molar-refractivity contribution in [3.8, 4) is 11.3 Å². The van der Waals surface area contributed by atoms with Crippen LogP contribution in [0.1, 0.15) is 22.7 Å². The van der Waals surface area contributed by atoms with Crippen LogP contribution in [-0.2, 0) is 6.42 Å². The van der Waals surface area contributed by atoms with Crippen molar-refractivity contribution in [2.75, 3.05) is 6.54 Å². The lowest BCUT2D eigenvalue weighted by molar-refractivity contribution is 0.0670. The Balaban J connectivity index is 1.59. The first-order chi connectivity index (χ1) is 14.1. The minimum atomic E-state index is -2.65. The van der Waals surface area contributed by atoms with Gasteiger partial charge in [0.15, 0.2) is 0 Å². The molecule has 0 bridgehead atoms. The van der Waals surface area contributed by atoms with Crippen molar-refractivity contribution in [1.29, 1.82) is 0 Å². The monoisotopic (exact) mass is 392 g/mol. The second kappa shape index (κ2) is 8.18. The van der Waals surface area contributed by atoms with Gasteiger partial charge in [-0.1, -0.05) is 48.5 Å². The Morgan fingerprint density at radius 3 is 2.62 bits per heavy atom. The van der Waals surface area contributed by atoms with E-state index < -0.39 is 6.55 Å². The number of halogens is 2. The Hall–Kier alpha value is -3.61. The Morgan fingerprint density at radius 2 is 1.83 bits per heavy atom. The van der Waals surface area contributed by atoms with Crippen LogP contribution in [0.15, 0.2) is 73.1 Å². The maximum Gasteiger partial charge on any atom is 0.319 e. The number of rotatable bonds is 6. The van der Waals surface area contributed by atoms with E-state index in [9.17, 15) is 13.6 Å². The average Bonchev–Trinajstić information content (AvgIpc) is 3.22. The molecule has 29 heavy (non-hydrogen) atoms. The van der Waals surface area contributed by atoms with Gasteiger partial charge in [0.05, 0.1) is 16.8 Å². The molecule has 2 aromatic heterocycles. The zero-order valence-corrected chi connectivity index (χ0v) is 15.4. The van der Waals surface area contributed by atoms with E-state index in [1.807, 2.05) is 54.6 Å². The highest BCUT2D eigenvalue weighted by atomic mass is 19.3. The number of nitrogens with one attached hydrogen (secondary N) is 1. The Morgan fingerprint density at radius 1 is 1.07 bits per heavy atom. The van der Waals surface area contributed by atoms with Crippen LogP contribution in [0.3, 0.4) is 0 Å². The molecule has 0 atom stereocenters. The summed E-state index contributed by atoms with van der Waals surface area (Å²) in [6.07, 6.45) is 2.76. The van der Waals surface area contributed by atoms with Gasteiger partial charge in [-0.25, -0.2) is 9.97 Å². The number of hydrogen-bond acceptors (Lipinski definition) is 3. The van der Waals surface area contributed by atoms with Crippen molar-refractivity contribution in [3.05, 3.63) is 84.4 Å². The van der Waals surface area contributed by atoms with Crippen LogP contribution in [0.4, 0.5) is 8.78 Å². The van der Waals surface area contributed by atoms with Gasteiger partial charge < -0.3 is 5.32 Å². The van der Waals surface area contributed by atoms with E-state index in [1.54, 1.807) is 6.07 Å². The van der Waals surface area contributed by atoms with Crippen molar-refractivity contribution in [2.45, 2.75) is 13.0 Å². The van der Waals surface area contributed by atoms with Crippen molar-refractivity contribution < 1.29 is 13.6 Å². The fraction of sp³-hybridized carbons (Fsp3) is 0.136. The van der Waals surface area contributed by atoms with Crippen LogP contribution in [-0.4, -0.2) is 27.0 Å². The van der Waals surface area contributed by atoms with Crippen molar-refractivity contribution >= 4 is 16.8 Å². The molecule has 0 saturated carbocycles. The molecule has 0 saturated heterocycles. The van der Waals surface area contributed by atoms with Gasteiger partial charge in [0.1, 0.15) is 5.82 Å². The number of fused-ring (bicyclic) bond motifs is 1. The first-order valence-corrected chi connectivity index (χ1v) is 9.17. The fourth-order valence-corrected chi connectivity index (χ4v) is 3.22. The summed E-state index contributed by atoms with van der Waals surface area (Å²) in [5.74, 6) is -0.0548. The van der Waals surface area contributed by atoms with Crippen molar-refractivity contribution in [3.63, 3.8) is 0 Å². The van der Waals surface area contributed by atoms with Crippen LogP contribution in [0.2, 0.25) is 0 Å². The summed E-state index contributed by atoms with van der Waals surface area (Å²) >= 11 is 0. The molecular weight excluding hydrogens is 374 g/mol. The number of carbonyl (C=O) groups excluding carboxylic acids is 1. The molecule has 4 rings (SSSR count). The van der Waals surface area contributed by atoms with E-state index >= 15 is 0 Å². The van der Waals surface area contributed by atoms with Crippen molar-refractivity contribution in [2.24, 2.45) is 0 Å². The lowest BCUT2D eigenvalue weighted by Gasteiger charge is -2.11. The standard InChI is InChI=1S/C22H18F2N4O/c23-22(24)28-13-12-25-20(28)10-11-26-21(29)17-14-19(15-6-2-1-3-7-15)27-18-9-5-4-8-16(17)18/h1-9,12-14,22H,10-11H2,(H,26,29). The topological polar surface area (TPSA) is 59.8 Å². The van der Waals surface area contributed by atoms with Gasteiger partial charge in [-0.15, -0.1) is 0 Å². The highest BCUT2D eigenvalue weighted by Crippen LogP contribution is 2.24. The number of benzene rings is 2. The molecular formula is C22H18F2N4O. The molecule has 7 heteroatoms. The van der Waals surface area contributed by atoms with Gasteiger partial charge >= 0.3 is 6.55 Å². The molecule has 0 spiro atoms. The smallest absolute Gasteiger partial charge is 0.319 e. The maximum atomic E-state index is 12.9. The number of aromatic nitrogens is 3. The normalized spacial score (nSPS) is 11.1. The highest BCUT2D eigenvalue weighted by Gasteiger charge is 2.15. The van der Waals surface area contributed by atoms with E-state index in [-0.39, 0.29) is 24.7 Å². The largest absolute Gasteiger partial charge is 0.352 e. The number of alkyl halides is 2. The predicted molar refractivity (Wildman–Crippen MR) is 107 cm³/mol. The van der Waals surface area contributed by atoms with E-state index in [1.165, 1.54) is 12.4 Å². The molecule has 0 aliphatic heterocycles. The number of amides is 1. The summed E-state index contributed by atoms with van der Waals surface area (Å²) in [6.45, 7) is -2.46. The summed E-state index contributed by atoms with van der Waals surface area (Å²) in [5, 5.41) is 3.54. The minimum Gasteiger partial charge on any atom is -0.352 e. The van der Waals surface area contributed by atoms with E-state index in [4.69, 9.17) is 0 Å². The van der Waals surface area contributed by atoms with Crippen LogP contribution >= 0.6 is 0 Å². The first-order valence-electron chi connectivity index (χ1n) is 9.17. The molecule has 1 amide bonds. The Labute approximate surface area is 166 Å². The van der Waals surface area contributed by atoms with Gasteiger partial charge in [0, 0.05) is 36.3 Å². The van der Waals surface area contributed by atoms with Crippen LogP contribution in [0, 0.1) is 0 Å². The number of hydrogen-bond donors (Lipinski definition) is 1. The maximum absolute atomic E-state index is 12.9. The van der Waals surface area contributed by atoms with Crippen LogP contribution in [0.25, 0.3) is 22.2 Å². The third-order valence-electron chi connectivity index (χ3n) is 4.62. The molecule has 2 aromatic carbocycles. The summed E-state index contributed by atoms with van der Waals surface area (Å²) < 4.78 is 26.6. The Bertz CT molecular complexity index is 1140. The zero-order chi connectivity index (χ0) is 20.2. The van der Waals surface area contributed by atoms with E-state index in [0.29, 0.717) is 16.8 Å². The molecule has 0 radical (unpaired) electrons. The summed E-state index contributed by atoms with van der Waals surface area (Å²) in [6, 6.07) is 18.8. The number of carbonyl (C=O) groups is 1. The van der Waals surface area contributed by atoms with Gasteiger partial charge in [0.2, 0.25) is 0 Å². The molecule has 0 fully saturated rings. The van der Waals surface area contributed by atoms with Gasteiger partial charge in [-0.05, 0) is 12.1 Å². The number of para-hydroxylation sites is 1. The molecule has 1 N–H and O–H groups in total. The Kier molecular flexibility index (Phi) is 5.29. The lowest BCUT2D eigenvalue weighted by Crippen LogP contribution is -2.27. The summed E-state index contributed by atoms with van der Waals surface area (Å²) in [7, 11) is 0. The van der Waals surface area contributed by atoms with Crippen LogP contribution < -0.4 is 5.32 Å². The number of nitrogens with zero attached hydrogens (tertiary/aromatic N) is 3. The molecule has 0 aliphatic carbocycles. The summed E-state index contributed by atoms with van der Waals surface area (Å²) in [5.41, 5.74) is 2.81. The highest BCUT2D eigenvalue weighted by molar-refractivity contribution is 6.07. The van der Waals surface area contributed by atoms with Crippen molar-refractivity contribution in [1.82, 2.24) is 19.9 Å².